The lowest BCUT2D eigenvalue weighted by atomic mass is 10.0. The minimum Gasteiger partial charge on any atom is -0.392 e. The molecule has 1 saturated carbocycles. The zero-order chi connectivity index (χ0) is 18.3. The summed E-state index contributed by atoms with van der Waals surface area (Å²) < 4.78 is 26.9. The van der Waals surface area contributed by atoms with E-state index in [0.717, 1.165) is 22.2 Å². The Bertz CT molecular complexity index is 1040. The Morgan fingerprint density at radius 3 is 2.65 bits per heavy atom. The summed E-state index contributed by atoms with van der Waals surface area (Å²) in [5.41, 5.74) is 4.05. The van der Waals surface area contributed by atoms with E-state index in [0.29, 0.717) is 5.92 Å². The Morgan fingerprint density at radius 2 is 2.00 bits per heavy atom. The fraction of sp³-hybridized carbons (Fsp3) is 0.316. The van der Waals surface area contributed by atoms with E-state index in [9.17, 15) is 13.5 Å². The molecule has 6 nitrogen and oxygen atoms in total. The zero-order valence-corrected chi connectivity index (χ0v) is 15.3. The highest BCUT2D eigenvalue weighted by Crippen LogP contribution is 2.41. The van der Waals surface area contributed by atoms with Crippen LogP contribution in [-0.4, -0.2) is 36.1 Å². The van der Waals surface area contributed by atoms with Gasteiger partial charge in [0.2, 0.25) is 10.0 Å². The Balaban J connectivity index is 1.66. The van der Waals surface area contributed by atoms with E-state index in [2.05, 4.69) is 20.8 Å². The van der Waals surface area contributed by atoms with Crippen LogP contribution in [0.5, 0.6) is 0 Å². The molecule has 2 heterocycles. The molecular formula is C19H21N3O3S. The molecule has 1 fully saturated rings. The molecule has 1 atom stereocenters. The molecule has 26 heavy (non-hydrogen) atoms. The summed E-state index contributed by atoms with van der Waals surface area (Å²) in [4.78, 5) is 7.98. The van der Waals surface area contributed by atoms with Gasteiger partial charge in [0.05, 0.1) is 11.0 Å². The van der Waals surface area contributed by atoms with Crippen LogP contribution in [0.2, 0.25) is 0 Å². The van der Waals surface area contributed by atoms with Crippen LogP contribution in [0.25, 0.3) is 22.2 Å². The molecule has 0 bridgehead atoms. The summed E-state index contributed by atoms with van der Waals surface area (Å²) in [5, 5.41) is 10.3. The van der Waals surface area contributed by atoms with Gasteiger partial charge in [-0.15, -0.1) is 0 Å². The summed E-state index contributed by atoms with van der Waals surface area (Å²) in [5.74, 6) is 0.615. The van der Waals surface area contributed by atoms with Crippen LogP contribution in [0.4, 0.5) is 0 Å². The van der Waals surface area contributed by atoms with E-state index in [1.807, 2.05) is 6.07 Å². The average molecular weight is 371 g/mol. The summed E-state index contributed by atoms with van der Waals surface area (Å²) >= 11 is 0. The van der Waals surface area contributed by atoms with Crippen molar-refractivity contribution < 1.29 is 13.5 Å². The highest BCUT2D eigenvalue weighted by molar-refractivity contribution is 7.89. The van der Waals surface area contributed by atoms with Crippen molar-refractivity contribution in [2.24, 2.45) is 0 Å². The molecule has 0 unspecified atom stereocenters. The van der Waals surface area contributed by atoms with E-state index in [1.165, 1.54) is 25.5 Å². The molecule has 0 spiro atoms. The third-order valence-corrected chi connectivity index (χ3v) is 6.05. The monoisotopic (exact) mass is 371 g/mol. The maximum Gasteiger partial charge on any atom is 0.240 e. The molecule has 0 aliphatic heterocycles. The lowest BCUT2D eigenvalue weighted by Crippen LogP contribution is -2.30. The van der Waals surface area contributed by atoms with Crippen LogP contribution in [0.15, 0.2) is 47.5 Å². The molecule has 3 aromatic rings. The maximum absolute atomic E-state index is 12.2. The number of fused-ring (bicyclic) bond motifs is 1. The van der Waals surface area contributed by atoms with E-state index in [1.54, 1.807) is 30.5 Å². The van der Waals surface area contributed by atoms with Gasteiger partial charge in [0.15, 0.2) is 0 Å². The number of aromatic nitrogens is 2. The Labute approximate surface area is 152 Å². The highest BCUT2D eigenvalue weighted by Gasteiger charge is 2.26. The minimum absolute atomic E-state index is 0.0116. The van der Waals surface area contributed by atoms with Gasteiger partial charge in [-0.3, -0.25) is 0 Å². The number of nitrogens with one attached hydrogen (secondary N) is 2. The van der Waals surface area contributed by atoms with E-state index in [-0.39, 0.29) is 11.4 Å². The molecule has 7 heteroatoms. The van der Waals surface area contributed by atoms with Crippen molar-refractivity contribution in [3.8, 4) is 11.1 Å². The summed E-state index contributed by atoms with van der Waals surface area (Å²) in [7, 11) is -3.62. The number of pyridine rings is 1. The number of nitrogens with zero attached hydrogens (tertiary/aromatic N) is 1. The second-order valence-corrected chi connectivity index (χ2v) is 8.61. The minimum atomic E-state index is -3.62. The zero-order valence-electron chi connectivity index (χ0n) is 14.4. The van der Waals surface area contributed by atoms with Crippen LogP contribution < -0.4 is 4.72 Å². The van der Waals surface area contributed by atoms with E-state index < -0.39 is 16.1 Å². The van der Waals surface area contributed by atoms with Gasteiger partial charge in [-0.05, 0) is 61.1 Å². The van der Waals surface area contributed by atoms with Crippen LogP contribution in [0.3, 0.4) is 0 Å². The summed E-state index contributed by atoms with van der Waals surface area (Å²) in [6.07, 6.45) is 3.46. The third kappa shape index (κ3) is 3.38. The lowest BCUT2D eigenvalue weighted by molar-refractivity contribution is 0.198. The van der Waals surface area contributed by atoms with Crippen molar-refractivity contribution in [1.82, 2.24) is 14.7 Å². The second-order valence-electron chi connectivity index (χ2n) is 6.85. The molecule has 1 aliphatic rings. The number of benzene rings is 1. The topological polar surface area (TPSA) is 95.1 Å². The first-order valence-corrected chi connectivity index (χ1v) is 10.2. The maximum atomic E-state index is 12.2. The van der Waals surface area contributed by atoms with Crippen molar-refractivity contribution in [1.29, 1.82) is 0 Å². The number of rotatable bonds is 6. The van der Waals surface area contributed by atoms with E-state index >= 15 is 0 Å². The number of aliphatic hydroxyl groups excluding tert-OH is 1. The Kier molecular flexibility index (Phi) is 4.30. The first-order chi connectivity index (χ1) is 12.4. The Hall–Kier alpha value is -2.22. The number of H-pyrrole nitrogens is 1. The lowest BCUT2D eigenvalue weighted by Gasteiger charge is -2.09. The molecule has 0 radical (unpaired) electrons. The molecule has 4 rings (SSSR count). The number of hydrogen-bond donors (Lipinski definition) is 3. The SMILES string of the molecule is C[C@@H](O)CNS(=O)(=O)c1ccc(-c2ccnc3[nH]c(C4CC4)cc23)cc1. The molecule has 0 amide bonds. The highest BCUT2D eigenvalue weighted by atomic mass is 32.2. The molecule has 1 aliphatic carbocycles. The van der Waals surface area contributed by atoms with Gasteiger partial charge < -0.3 is 10.1 Å². The van der Waals surface area contributed by atoms with Crippen molar-refractivity contribution in [3.63, 3.8) is 0 Å². The number of sulfonamides is 1. The summed E-state index contributed by atoms with van der Waals surface area (Å²) in [6.45, 7) is 1.52. The molecule has 2 aromatic heterocycles. The predicted molar refractivity (Wildman–Crippen MR) is 100 cm³/mol. The third-order valence-electron chi connectivity index (χ3n) is 4.61. The molecule has 0 saturated heterocycles. The Morgan fingerprint density at radius 1 is 1.27 bits per heavy atom. The number of hydrogen-bond acceptors (Lipinski definition) is 4. The van der Waals surface area contributed by atoms with Gasteiger partial charge in [0, 0.05) is 23.8 Å². The van der Waals surface area contributed by atoms with Gasteiger partial charge in [0.1, 0.15) is 5.65 Å². The smallest absolute Gasteiger partial charge is 0.240 e. The van der Waals surface area contributed by atoms with Crippen molar-refractivity contribution >= 4 is 21.1 Å². The average Bonchev–Trinajstić information content (AvgIpc) is 3.38. The van der Waals surface area contributed by atoms with Gasteiger partial charge in [-0.1, -0.05) is 12.1 Å². The number of aromatic amines is 1. The molecule has 3 N–H and O–H groups in total. The first kappa shape index (κ1) is 17.2. The molecular weight excluding hydrogens is 350 g/mol. The second kappa shape index (κ2) is 6.50. The van der Waals surface area contributed by atoms with Crippen LogP contribution in [0.1, 0.15) is 31.4 Å². The first-order valence-electron chi connectivity index (χ1n) is 8.70. The van der Waals surface area contributed by atoms with Gasteiger partial charge in [-0.25, -0.2) is 18.1 Å². The van der Waals surface area contributed by atoms with Crippen LogP contribution >= 0.6 is 0 Å². The fourth-order valence-corrected chi connectivity index (χ4v) is 4.16. The summed E-state index contributed by atoms with van der Waals surface area (Å²) in [6, 6.07) is 10.9. The van der Waals surface area contributed by atoms with Crippen LogP contribution in [0, 0.1) is 0 Å². The van der Waals surface area contributed by atoms with Crippen molar-refractivity contribution in [3.05, 3.63) is 48.3 Å². The van der Waals surface area contributed by atoms with Crippen LogP contribution in [-0.2, 0) is 10.0 Å². The quantitative estimate of drug-likeness (QED) is 0.621. The standard InChI is InChI=1S/C19H21N3O3S/c1-12(23)11-21-26(24,25)15-6-4-13(5-7-15)16-8-9-20-19-17(16)10-18(22-19)14-2-3-14/h4-10,12,14,21,23H,2-3,11H2,1H3,(H,20,22)/t12-/m1/s1. The van der Waals surface area contributed by atoms with Crippen molar-refractivity contribution in [2.45, 2.75) is 36.7 Å². The number of aliphatic hydroxyl groups is 1. The molecule has 1 aromatic carbocycles. The van der Waals surface area contributed by atoms with Crippen molar-refractivity contribution in [2.75, 3.05) is 6.54 Å². The van der Waals surface area contributed by atoms with Gasteiger partial charge >= 0.3 is 0 Å². The van der Waals surface area contributed by atoms with Gasteiger partial charge in [0.25, 0.3) is 0 Å². The molecule has 136 valence electrons. The largest absolute Gasteiger partial charge is 0.392 e. The normalized spacial score (nSPS) is 16.1. The van der Waals surface area contributed by atoms with Gasteiger partial charge in [-0.2, -0.15) is 0 Å². The fourth-order valence-electron chi connectivity index (χ4n) is 3.04. The predicted octanol–water partition coefficient (Wildman–Crippen LogP) is 2.77. The van der Waals surface area contributed by atoms with E-state index in [4.69, 9.17) is 0 Å².